The zero-order valence-electron chi connectivity index (χ0n) is 15.0. The molecule has 24 heavy (non-hydrogen) atoms. The molecule has 0 aliphatic carbocycles. The van der Waals surface area contributed by atoms with Gasteiger partial charge in [0.25, 0.3) is 0 Å². The molecule has 0 aromatic heterocycles. The molecule has 1 amide bonds. The van der Waals surface area contributed by atoms with Crippen molar-refractivity contribution < 1.29 is 23.9 Å². The third kappa shape index (κ3) is 4.21. The Hall–Kier alpha value is -1.73. The molecule has 7 heteroatoms. The maximum Gasteiger partial charge on any atom is 0.494 e. The van der Waals surface area contributed by atoms with Crippen molar-refractivity contribution in [3.05, 3.63) is 24.3 Å². The number of hydrogen-bond acceptors (Lipinski definition) is 4. The monoisotopic (exact) mass is 335 g/mol. The zero-order valence-corrected chi connectivity index (χ0v) is 15.0. The Morgan fingerprint density at radius 3 is 2.21 bits per heavy atom. The van der Waals surface area contributed by atoms with Gasteiger partial charge in [0.15, 0.2) is 0 Å². The van der Waals surface area contributed by atoms with E-state index in [4.69, 9.17) is 19.2 Å². The summed E-state index contributed by atoms with van der Waals surface area (Å²) in [5.41, 5.74) is 0.185. The Kier molecular flexibility index (Phi) is 5.45. The maximum atomic E-state index is 10.7. The molecule has 1 aromatic rings. The predicted octanol–water partition coefficient (Wildman–Crippen LogP) is 2.41. The number of rotatable bonds is 6. The molecule has 1 aliphatic heterocycles. The molecular formula is C17H26BNO5. The van der Waals surface area contributed by atoms with Crippen LogP contribution in [0.15, 0.2) is 24.3 Å². The van der Waals surface area contributed by atoms with Gasteiger partial charge in [-0.1, -0.05) is 19.1 Å². The molecule has 132 valence electrons. The minimum Gasteiger partial charge on any atom is -0.491 e. The molecule has 0 unspecified atom stereocenters. The van der Waals surface area contributed by atoms with E-state index < -0.39 is 13.2 Å². The smallest absolute Gasteiger partial charge is 0.491 e. The van der Waals surface area contributed by atoms with Crippen LogP contribution >= 0.6 is 0 Å². The minimum atomic E-state index is -1.04. The molecule has 1 atom stereocenters. The number of amides is 1. The number of ether oxygens (including phenoxy) is 1. The fraction of sp³-hybridized carbons (Fsp3) is 0.588. The highest BCUT2D eigenvalue weighted by molar-refractivity contribution is 6.62. The molecule has 2 N–H and O–H groups in total. The van der Waals surface area contributed by atoms with E-state index in [1.165, 1.54) is 0 Å². The summed E-state index contributed by atoms with van der Waals surface area (Å²) in [5, 5.41) is 11.2. The third-order valence-corrected chi connectivity index (χ3v) is 4.68. The van der Waals surface area contributed by atoms with Gasteiger partial charge in [-0.05, 0) is 51.7 Å². The van der Waals surface area contributed by atoms with Crippen LogP contribution < -0.4 is 15.5 Å². The topological polar surface area (TPSA) is 77.0 Å². The summed E-state index contributed by atoms with van der Waals surface area (Å²) < 4.78 is 17.7. The van der Waals surface area contributed by atoms with Crippen LogP contribution in [0.1, 0.15) is 41.0 Å². The Bertz CT molecular complexity index is 557. The van der Waals surface area contributed by atoms with Crippen LogP contribution in [-0.2, 0) is 9.31 Å². The number of carbonyl (C=O) groups is 1. The van der Waals surface area contributed by atoms with Crippen LogP contribution in [0.5, 0.6) is 5.75 Å². The highest BCUT2D eigenvalue weighted by Gasteiger charge is 2.51. The van der Waals surface area contributed by atoms with Crippen molar-refractivity contribution in [2.24, 2.45) is 0 Å². The lowest BCUT2D eigenvalue weighted by Gasteiger charge is -2.32. The van der Waals surface area contributed by atoms with Gasteiger partial charge in [-0.25, -0.2) is 4.79 Å². The first kappa shape index (κ1) is 18.6. The average Bonchev–Trinajstić information content (AvgIpc) is 2.72. The van der Waals surface area contributed by atoms with E-state index in [1.807, 2.05) is 58.9 Å². The molecule has 2 rings (SSSR count). The van der Waals surface area contributed by atoms with Crippen LogP contribution in [0.4, 0.5) is 4.79 Å². The number of nitrogens with one attached hydrogen (secondary N) is 1. The SMILES string of the molecule is CC[C@H](COc1ccc(B2OC(C)(C)C(C)(C)O2)cc1)NC(=O)O. The van der Waals surface area contributed by atoms with Gasteiger partial charge in [0.2, 0.25) is 0 Å². The number of carboxylic acid groups (broad SMARTS) is 1. The third-order valence-electron chi connectivity index (χ3n) is 4.68. The summed E-state index contributed by atoms with van der Waals surface area (Å²) in [7, 11) is -0.402. The molecular weight excluding hydrogens is 309 g/mol. The molecule has 1 aliphatic rings. The fourth-order valence-electron chi connectivity index (χ4n) is 2.33. The van der Waals surface area contributed by atoms with Crippen LogP contribution in [0, 0.1) is 0 Å². The van der Waals surface area contributed by atoms with E-state index in [1.54, 1.807) is 0 Å². The van der Waals surface area contributed by atoms with Crippen molar-refractivity contribution in [2.45, 2.75) is 58.3 Å². The first-order valence-corrected chi connectivity index (χ1v) is 8.22. The van der Waals surface area contributed by atoms with E-state index >= 15 is 0 Å². The average molecular weight is 335 g/mol. The number of benzene rings is 1. The summed E-state index contributed by atoms with van der Waals surface area (Å²) in [6, 6.07) is 7.26. The lowest BCUT2D eigenvalue weighted by Crippen LogP contribution is -2.41. The lowest BCUT2D eigenvalue weighted by molar-refractivity contribution is 0.00578. The fourth-order valence-corrected chi connectivity index (χ4v) is 2.33. The minimum absolute atomic E-state index is 0.231. The molecule has 0 bridgehead atoms. The summed E-state index contributed by atoms with van der Waals surface area (Å²) in [4.78, 5) is 10.7. The number of hydrogen-bond donors (Lipinski definition) is 2. The van der Waals surface area contributed by atoms with Crippen molar-refractivity contribution >= 4 is 18.7 Å². The second-order valence-electron chi connectivity index (χ2n) is 7.02. The van der Waals surface area contributed by atoms with Gasteiger partial charge in [-0.15, -0.1) is 0 Å². The molecule has 1 fully saturated rings. The van der Waals surface area contributed by atoms with Gasteiger partial charge >= 0.3 is 13.2 Å². The van der Waals surface area contributed by atoms with Crippen molar-refractivity contribution in [2.75, 3.05) is 6.61 Å². The van der Waals surface area contributed by atoms with Gasteiger partial charge in [-0.2, -0.15) is 0 Å². The summed E-state index contributed by atoms with van der Waals surface area (Å²) in [6.07, 6.45) is -0.375. The van der Waals surface area contributed by atoms with Crippen LogP contribution in [-0.4, -0.2) is 42.2 Å². The Morgan fingerprint density at radius 1 is 1.21 bits per heavy atom. The van der Waals surface area contributed by atoms with Crippen LogP contribution in [0.3, 0.4) is 0 Å². The molecule has 0 spiro atoms. The van der Waals surface area contributed by atoms with Crippen molar-refractivity contribution in [3.8, 4) is 5.75 Å². The van der Waals surface area contributed by atoms with Gasteiger partial charge in [0.1, 0.15) is 12.4 Å². The first-order chi connectivity index (χ1) is 11.1. The molecule has 1 aromatic carbocycles. The van der Waals surface area contributed by atoms with Gasteiger partial charge < -0.3 is 24.5 Å². The molecule has 0 radical (unpaired) electrons. The predicted molar refractivity (Wildman–Crippen MR) is 92.9 cm³/mol. The summed E-state index contributed by atoms with van der Waals surface area (Å²) >= 11 is 0. The van der Waals surface area contributed by atoms with Gasteiger partial charge in [0.05, 0.1) is 17.2 Å². The maximum absolute atomic E-state index is 10.7. The molecule has 1 heterocycles. The van der Waals surface area contributed by atoms with Crippen LogP contribution in [0.25, 0.3) is 0 Å². The second kappa shape index (κ2) is 7.03. The van der Waals surface area contributed by atoms with E-state index in [0.29, 0.717) is 18.8 Å². The van der Waals surface area contributed by atoms with Crippen LogP contribution in [0.2, 0.25) is 0 Å². The first-order valence-electron chi connectivity index (χ1n) is 8.22. The van der Waals surface area contributed by atoms with Crippen molar-refractivity contribution in [3.63, 3.8) is 0 Å². The molecule has 0 saturated carbocycles. The second-order valence-corrected chi connectivity index (χ2v) is 7.02. The Labute approximate surface area is 143 Å². The quantitative estimate of drug-likeness (QED) is 0.781. The van der Waals surface area contributed by atoms with Gasteiger partial charge in [-0.3, -0.25) is 0 Å². The van der Waals surface area contributed by atoms with Crippen molar-refractivity contribution in [1.29, 1.82) is 0 Å². The Balaban J connectivity index is 1.95. The Morgan fingerprint density at radius 2 is 1.75 bits per heavy atom. The largest absolute Gasteiger partial charge is 0.494 e. The van der Waals surface area contributed by atoms with E-state index in [2.05, 4.69) is 5.32 Å². The highest BCUT2D eigenvalue weighted by atomic mass is 16.7. The van der Waals surface area contributed by atoms with E-state index in [0.717, 1.165) is 5.46 Å². The van der Waals surface area contributed by atoms with E-state index in [9.17, 15) is 4.79 Å². The molecule has 1 saturated heterocycles. The molecule has 6 nitrogen and oxygen atoms in total. The normalized spacial score (nSPS) is 19.8. The van der Waals surface area contributed by atoms with Gasteiger partial charge in [0, 0.05) is 0 Å². The summed E-state index contributed by atoms with van der Waals surface area (Å²) in [5.74, 6) is 0.681. The standard InChI is InChI=1S/C17H26BNO5/c1-6-13(19-15(20)21)11-22-14-9-7-12(8-10-14)18-23-16(2,3)17(4,5)24-18/h7-10,13,19H,6,11H2,1-5H3,(H,20,21)/t13-/m1/s1. The zero-order chi connectivity index (χ0) is 18.0. The van der Waals surface area contributed by atoms with E-state index in [-0.39, 0.29) is 17.2 Å². The highest BCUT2D eigenvalue weighted by Crippen LogP contribution is 2.36. The van der Waals surface area contributed by atoms with Crippen molar-refractivity contribution in [1.82, 2.24) is 5.32 Å². The summed E-state index contributed by atoms with van der Waals surface area (Å²) in [6.45, 7) is 10.3. The lowest BCUT2D eigenvalue weighted by atomic mass is 9.79.